The lowest BCUT2D eigenvalue weighted by molar-refractivity contribution is -0.149. The highest BCUT2D eigenvalue weighted by Crippen LogP contribution is 2.34. The first kappa shape index (κ1) is 10.9. The minimum Gasteiger partial charge on any atom is -0.469 e. The molecule has 2 aliphatic rings. The van der Waals surface area contributed by atoms with Crippen LogP contribution in [0.25, 0.3) is 0 Å². The molecule has 2 fully saturated rings. The van der Waals surface area contributed by atoms with Gasteiger partial charge in [0.2, 0.25) is 0 Å². The van der Waals surface area contributed by atoms with Crippen LogP contribution in [0.3, 0.4) is 0 Å². The quantitative estimate of drug-likeness (QED) is 0.671. The summed E-state index contributed by atoms with van der Waals surface area (Å²) < 4.78 is 4.91. The van der Waals surface area contributed by atoms with E-state index in [1.54, 1.807) is 0 Å². The predicted octanol–water partition coefficient (Wildman–Crippen LogP) is 1.72. The van der Waals surface area contributed by atoms with Crippen molar-refractivity contribution in [3.05, 3.63) is 0 Å². The van der Waals surface area contributed by atoms with E-state index in [0.717, 1.165) is 13.0 Å². The normalized spacial score (nSPS) is 36.5. The number of fused-ring (bicyclic) bond motifs is 1. The van der Waals surface area contributed by atoms with Crippen LogP contribution < -0.4 is 5.32 Å². The lowest BCUT2D eigenvalue weighted by Crippen LogP contribution is -2.48. The molecule has 0 amide bonds. The Hall–Kier alpha value is -0.570. The lowest BCUT2D eigenvalue weighted by Gasteiger charge is -2.36. The van der Waals surface area contributed by atoms with E-state index < -0.39 is 0 Å². The highest BCUT2D eigenvalue weighted by molar-refractivity contribution is 5.72. The van der Waals surface area contributed by atoms with E-state index in [9.17, 15) is 4.79 Å². The molecule has 2 rings (SSSR count). The van der Waals surface area contributed by atoms with E-state index in [1.807, 2.05) is 0 Å². The Morgan fingerprint density at radius 2 is 2.00 bits per heavy atom. The van der Waals surface area contributed by atoms with Crippen LogP contribution in [0.4, 0.5) is 0 Å². The summed E-state index contributed by atoms with van der Waals surface area (Å²) in [5, 5.41) is 3.56. The molecule has 1 aliphatic carbocycles. The molecule has 1 saturated carbocycles. The lowest BCUT2D eigenvalue weighted by atomic mass is 9.78. The van der Waals surface area contributed by atoms with Gasteiger partial charge in [0.25, 0.3) is 0 Å². The Bertz CT molecular complexity index is 230. The second-order valence-electron chi connectivity index (χ2n) is 4.78. The number of carbonyl (C=O) groups excluding carboxylic acids is 1. The molecule has 86 valence electrons. The molecule has 3 unspecified atom stereocenters. The average Bonchev–Trinajstić information content (AvgIpc) is 2.52. The van der Waals surface area contributed by atoms with Crippen LogP contribution >= 0.6 is 0 Å². The third kappa shape index (κ3) is 2.33. The van der Waals surface area contributed by atoms with Gasteiger partial charge < -0.3 is 10.1 Å². The van der Waals surface area contributed by atoms with E-state index in [2.05, 4.69) is 5.32 Å². The Morgan fingerprint density at radius 3 is 2.80 bits per heavy atom. The van der Waals surface area contributed by atoms with Gasteiger partial charge in [0.15, 0.2) is 0 Å². The van der Waals surface area contributed by atoms with E-state index >= 15 is 0 Å². The molecule has 0 aromatic carbocycles. The average molecular weight is 211 g/mol. The molecular formula is C12H21NO2. The number of nitrogens with one attached hydrogen (secondary N) is 1. The van der Waals surface area contributed by atoms with Gasteiger partial charge in [-0.1, -0.05) is 19.3 Å². The summed E-state index contributed by atoms with van der Waals surface area (Å²) in [5.41, 5.74) is 0. The molecule has 3 heteroatoms. The standard InChI is InChI=1S/C12H21NO2/c1-15-12(14)10-7-8-13-11-6-4-2-3-5-9(10)11/h9-11,13H,2-8H2,1H3. The Balaban J connectivity index is 2.06. The number of hydrogen-bond acceptors (Lipinski definition) is 3. The van der Waals surface area contributed by atoms with Crippen molar-refractivity contribution in [1.82, 2.24) is 5.32 Å². The van der Waals surface area contributed by atoms with Gasteiger partial charge in [-0.2, -0.15) is 0 Å². The van der Waals surface area contributed by atoms with E-state index in [4.69, 9.17) is 4.74 Å². The predicted molar refractivity (Wildman–Crippen MR) is 58.5 cm³/mol. The molecule has 1 saturated heterocycles. The van der Waals surface area contributed by atoms with Gasteiger partial charge in [0.05, 0.1) is 13.0 Å². The van der Waals surface area contributed by atoms with Crippen LogP contribution in [0, 0.1) is 11.8 Å². The molecular weight excluding hydrogens is 190 g/mol. The molecule has 0 aromatic heterocycles. The van der Waals surface area contributed by atoms with Crippen LogP contribution in [-0.2, 0) is 9.53 Å². The number of esters is 1. The van der Waals surface area contributed by atoms with E-state index in [1.165, 1.54) is 39.2 Å². The van der Waals surface area contributed by atoms with Crippen molar-refractivity contribution < 1.29 is 9.53 Å². The zero-order valence-electron chi connectivity index (χ0n) is 9.50. The fourth-order valence-electron chi connectivity index (χ4n) is 3.15. The van der Waals surface area contributed by atoms with E-state index in [0.29, 0.717) is 12.0 Å². The summed E-state index contributed by atoms with van der Waals surface area (Å²) in [6, 6.07) is 0.561. The van der Waals surface area contributed by atoms with Crippen LogP contribution in [0.15, 0.2) is 0 Å². The third-order valence-corrected chi connectivity index (χ3v) is 3.95. The molecule has 1 N–H and O–H groups in total. The van der Waals surface area contributed by atoms with Crippen LogP contribution in [0.5, 0.6) is 0 Å². The van der Waals surface area contributed by atoms with Crippen LogP contribution in [-0.4, -0.2) is 25.7 Å². The minimum atomic E-state index is 0.00778. The SMILES string of the molecule is COC(=O)C1CCNC2CCCCCC21. The molecule has 0 spiro atoms. The summed E-state index contributed by atoms with van der Waals surface area (Å²) in [5.74, 6) is 0.682. The maximum atomic E-state index is 11.7. The topological polar surface area (TPSA) is 38.3 Å². The van der Waals surface area contributed by atoms with Crippen LogP contribution in [0.1, 0.15) is 38.5 Å². The Labute approximate surface area is 91.6 Å². The van der Waals surface area contributed by atoms with Gasteiger partial charge in [-0.3, -0.25) is 4.79 Å². The maximum absolute atomic E-state index is 11.7. The zero-order chi connectivity index (χ0) is 10.7. The second kappa shape index (κ2) is 4.97. The first-order chi connectivity index (χ1) is 7.33. The molecule has 3 nitrogen and oxygen atoms in total. The van der Waals surface area contributed by atoms with Gasteiger partial charge in [-0.05, 0) is 31.7 Å². The number of carbonyl (C=O) groups is 1. The maximum Gasteiger partial charge on any atom is 0.309 e. The summed E-state index contributed by atoms with van der Waals surface area (Å²) in [6.07, 6.45) is 7.28. The minimum absolute atomic E-state index is 0.00778. The molecule has 3 atom stereocenters. The van der Waals surface area contributed by atoms with Crippen molar-refractivity contribution in [3.8, 4) is 0 Å². The number of ether oxygens (including phenoxy) is 1. The number of rotatable bonds is 1. The smallest absolute Gasteiger partial charge is 0.309 e. The van der Waals surface area contributed by atoms with Crippen molar-refractivity contribution in [3.63, 3.8) is 0 Å². The molecule has 1 aliphatic heterocycles. The number of methoxy groups -OCH3 is 1. The molecule has 15 heavy (non-hydrogen) atoms. The van der Waals surface area contributed by atoms with Crippen molar-refractivity contribution >= 4 is 5.97 Å². The second-order valence-corrected chi connectivity index (χ2v) is 4.78. The monoisotopic (exact) mass is 211 g/mol. The summed E-state index contributed by atoms with van der Waals surface area (Å²) in [7, 11) is 1.51. The first-order valence-electron chi connectivity index (χ1n) is 6.14. The van der Waals surface area contributed by atoms with Crippen molar-refractivity contribution in [1.29, 1.82) is 0 Å². The van der Waals surface area contributed by atoms with Gasteiger partial charge in [-0.25, -0.2) is 0 Å². The summed E-state index contributed by atoms with van der Waals surface area (Å²) in [4.78, 5) is 11.7. The van der Waals surface area contributed by atoms with Gasteiger partial charge in [0.1, 0.15) is 0 Å². The van der Waals surface area contributed by atoms with Gasteiger partial charge >= 0.3 is 5.97 Å². The van der Waals surface area contributed by atoms with E-state index in [-0.39, 0.29) is 11.9 Å². The summed E-state index contributed by atoms with van der Waals surface area (Å²) in [6.45, 7) is 0.973. The fraction of sp³-hybridized carbons (Fsp3) is 0.917. The Kier molecular flexibility index (Phi) is 3.62. The Morgan fingerprint density at radius 1 is 1.20 bits per heavy atom. The fourth-order valence-corrected chi connectivity index (χ4v) is 3.15. The van der Waals surface area contributed by atoms with Crippen LogP contribution in [0.2, 0.25) is 0 Å². The van der Waals surface area contributed by atoms with Crippen molar-refractivity contribution in [2.45, 2.75) is 44.6 Å². The highest BCUT2D eigenvalue weighted by atomic mass is 16.5. The third-order valence-electron chi connectivity index (χ3n) is 3.95. The molecule has 0 bridgehead atoms. The first-order valence-corrected chi connectivity index (χ1v) is 6.14. The van der Waals surface area contributed by atoms with Gasteiger partial charge in [-0.15, -0.1) is 0 Å². The largest absolute Gasteiger partial charge is 0.469 e. The van der Waals surface area contributed by atoms with Crippen molar-refractivity contribution in [2.24, 2.45) is 11.8 Å². The number of piperidine rings is 1. The van der Waals surface area contributed by atoms with Gasteiger partial charge in [0, 0.05) is 6.04 Å². The van der Waals surface area contributed by atoms with Crippen molar-refractivity contribution in [2.75, 3.05) is 13.7 Å². The highest BCUT2D eigenvalue weighted by Gasteiger charge is 2.37. The number of hydrogen-bond donors (Lipinski definition) is 1. The molecule has 0 aromatic rings. The molecule has 1 heterocycles. The zero-order valence-corrected chi connectivity index (χ0v) is 9.50. The summed E-state index contributed by atoms with van der Waals surface area (Å²) >= 11 is 0. The molecule has 0 radical (unpaired) electrons.